The third-order valence-electron chi connectivity index (χ3n) is 3.91. The summed E-state index contributed by atoms with van der Waals surface area (Å²) in [5.74, 6) is -0.118. The van der Waals surface area contributed by atoms with E-state index in [-0.39, 0.29) is 11.8 Å². The standard InChI is InChI=1S/C20H20N4O2S/c1-14(25)22-12-16-4-7-17(8-5-16)18-13-27-20(23-18)24-19(26)9-6-15-3-2-10-21-11-15/h2-5,7-8,10-11,13H,6,9,12H2,1H3,(H,22,25)(H,23,24,26). The van der Waals surface area contributed by atoms with E-state index in [4.69, 9.17) is 0 Å². The van der Waals surface area contributed by atoms with Crippen LogP contribution in [-0.2, 0) is 22.6 Å². The number of aryl methyl sites for hydroxylation is 1. The number of anilines is 1. The monoisotopic (exact) mass is 380 g/mol. The van der Waals surface area contributed by atoms with Crippen LogP contribution in [0.5, 0.6) is 0 Å². The van der Waals surface area contributed by atoms with Crippen LogP contribution in [0.1, 0.15) is 24.5 Å². The molecule has 0 aliphatic carbocycles. The fraction of sp³-hybridized carbons (Fsp3) is 0.200. The first-order chi connectivity index (χ1) is 13.1. The molecule has 27 heavy (non-hydrogen) atoms. The van der Waals surface area contributed by atoms with Crippen molar-refractivity contribution in [2.45, 2.75) is 26.3 Å². The number of pyridine rings is 1. The molecule has 2 aromatic heterocycles. The minimum atomic E-state index is -0.0644. The van der Waals surface area contributed by atoms with Gasteiger partial charge < -0.3 is 10.6 Å². The topological polar surface area (TPSA) is 84.0 Å². The Hall–Kier alpha value is -3.06. The lowest BCUT2D eigenvalue weighted by atomic mass is 10.1. The molecular weight excluding hydrogens is 360 g/mol. The summed E-state index contributed by atoms with van der Waals surface area (Å²) in [5.41, 5.74) is 3.84. The Bertz CT molecular complexity index is 907. The van der Waals surface area contributed by atoms with Crippen molar-refractivity contribution in [2.24, 2.45) is 0 Å². The molecule has 2 heterocycles. The largest absolute Gasteiger partial charge is 0.352 e. The molecule has 138 valence electrons. The highest BCUT2D eigenvalue weighted by Gasteiger charge is 2.09. The van der Waals surface area contributed by atoms with Crippen LogP contribution in [0.2, 0.25) is 0 Å². The first-order valence-electron chi connectivity index (χ1n) is 8.58. The summed E-state index contributed by atoms with van der Waals surface area (Å²) in [4.78, 5) is 31.6. The number of hydrogen-bond donors (Lipinski definition) is 2. The maximum absolute atomic E-state index is 12.1. The van der Waals surface area contributed by atoms with E-state index < -0.39 is 0 Å². The lowest BCUT2D eigenvalue weighted by molar-refractivity contribution is -0.119. The summed E-state index contributed by atoms with van der Waals surface area (Å²) in [6, 6.07) is 11.6. The molecule has 0 radical (unpaired) electrons. The van der Waals surface area contributed by atoms with Gasteiger partial charge in [0.05, 0.1) is 5.69 Å². The number of aromatic nitrogens is 2. The van der Waals surface area contributed by atoms with Gasteiger partial charge in [-0.1, -0.05) is 30.3 Å². The van der Waals surface area contributed by atoms with Gasteiger partial charge in [0.1, 0.15) is 0 Å². The zero-order valence-corrected chi connectivity index (χ0v) is 15.8. The number of nitrogens with zero attached hydrogens (tertiary/aromatic N) is 2. The molecule has 3 aromatic rings. The lowest BCUT2D eigenvalue weighted by Crippen LogP contribution is -2.18. The van der Waals surface area contributed by atoms with Crippen molar-refractivity contribution in [2.75, 3.05) is 5.32 Å². The van der Waals surface area contributed by atoms with Crippen molar-refractivity contribution >= 4 is 28.3 Å². The van der Waals surface area contributed by atoms with Gasteiger partial charge in [-0.15, -0.1) is 11.3 Å². The summed E-state index contributed by atoms with van der Waals surface area (Å²) in [6.45, 7) is 2.00. The van der Waals surface area contributed by atoms with Crippen LogP contribution in [0.4, 0.5) is 5.13 Å². The molecule has 1 aromatic carbocycles. The first kappa shape index (κ1) is 18.7. The molecule has 0 spiro atoms. The zero-order valence-electron chi connectivity index (χ0n) is 14.9. The van der Waals surface area contributed by atoms with Gasteiger partial charge in [0.15, 0.2) is 5.13 Å². The van der Waals surface area contributed by atoms with Gasteiger partial charge >= 0.3 is 0 Å². The fourth-order valence-corrected chi connectivity index (χ4v) is 3.21. The molecule has 6 nitrogen and oxygen atoms in total. The number of thiazole rings is 1. The second-order valence-corrected chi connectivity index (χ2v) is 6.91. The molecule has 3 rings (SSSR count). The van der Waals surface area contributed by atoms with Crippen LogP contribution in [0.3, 0.4) is 0 Å². The highest BCUT2D eigenvalue weighted by molar-refractivity contribution is 7.14. The number of benzene rings is 1. The van der Waals surface area contributed by atoms with Gasteiger partial charge in [0.25, 0.3) is 0 Å². The summed E-state index contributed by atoms with van der Waals surface area (Å²) in [5, 5.41) is 8.12. The Morgan fingerprint density at radius 2 is 1.93 bits per heavy atom. The van der Waals surface area contributed by atoms with E-state index in [1.54, 1.807) is 12.4 Å². The van der Waals surface area contributed by atoms with Gasteiger partial charge in [-0.2, -0.15) is 0 Å². The van der Waals surface area contributed by atoms with Gasteiger partial charge in [0.2, 0.25) is 11.8 Å². The molecule has 0 saturated carbocycles. The molecule has 0 unspecified atom stereocenters. The predicted molar refractivity (Wildman–Crippen MR) is 106 cm³/mol. The Kier molecular flexibility index (Phi) is 6.27. The third-order valence-corrected chi connectivity index (χ3v) is 4.66. The fourth-order valence-electron chi connectivity index (χ4n) is 2.47. The first-order valence-corrected chi connectivity index (χ1v) is 9.46. The summed E-state index contributed by atoms with van der Waals surface area (Å²) in [7, 11) is 0. The highest BCUT2D eigenvalue weighted by atomic mass is 32.1. The molecule has 2 N–H and O–H groups in total. The number of nitrogens with one attached hydrogen (secondary N) is 2. The van der Waals surface area contributed by atoms with Crippen LogP contribution in [0.25, 0.3) is 11.3 Å². The summed E-state index contributed by atoms with van der Waals surface area (Å²) >= 11 is 1.40. The predicted octanol–water partition coefficient (Wildman–Crippen LogP) is 3.41. The smallest absolute Gasteiger partial charge is 0.226 e. The van der Waals surface area contributed by atoms with Crippen LogP contribution >= 0.6 is 11.3 Å². The van der Waals surface area contributed by atoms with E-state index in [2.05, 4.69) is 20.6 Å². The van der Waals surface area contributed by atoms with Crippen LogP contribution in [0, 0.1) is 0 Å². The van der Waals surface area contributed by atoms with E-state index in [1.807, 2.05) is 41.8 Å². The molecule has 0 bridgehead atoms. The minimum Gasteiger partial charge on any atom is -0.352 e. The van der Waals surface area contributed by atoms with Crippen LogP contribution in [0.15, 0.2) is 54.2 Å². The Labute approximate surface area is 161 Å². The summed E-state index contributed by atoms with van der Waals surface area (Å²) in [6.07, 6.45) is 4.52. The Morgan fingerprint density at radius 1 is 1.11 bits per heavy atom. The highest BCUT2D eigenvalue weighted by Crippen LogP contribution is 2.25. The van der Waals surface area contributed by atoms with Gasteiger partial charge in [0, 0.05) is 43.2 Å². The van der Waals surface area contributed by atoms with E-state index in [0.717, 1.165) is 22.4 Å². The van der Waals surface area contributed by atoms with Crippen LogP contribution in [-0.4, -0.2) is 21.8 Å². The second-order valence-electron chi connectivity index (χ2n) is 6.05. The van der Waals surface area contributed by atoms with Crippen molar-refractivity contribution in [1.29, 1.82) is 0 Å². The number of carbonyl (C=O) groups is 2. The van der Waals surface area contributed by atoms with E-state index in [0.29, 0.717) is 24.5 Å². The molecule has 7 heteroatoms. The molecule has 0 saturated heterocycles. The zero-order chi connectivity index (χ0) is 19.1. The molecular formula is C20H20N4O2S. The summed E-state index contributed by atoms with van der Waals surface area (Å²) < 4.78 is 0. The Morgan fingerprint density at radius 3 is 2.63 bits per heavy atom. The van der Waals surface area contributed by atoms with E-state index in [9.17, 15) is 9.59 Å². The van der Waals surface area contributed by atoms with Crippen molar-refractivity contribution in [1.82, 2.24) is 15.3 Å². The van der Waals surface area contributed by atoms with Crippen molar-refractivity contribution in [3.05, 3.63) is 65.3 Å². The van der Waals surface area contributed by atoms with Gasteiger partial charge in [-0.25, -0.2) is 4.98 Å². The number of carbonyl (C=O) groups excluding carboxylic acids is 2. The molecule has 0 fully saturated rings. The quantitative estimate of drug-likeness (QED) is 0.658. The average molecular weight is 380 g/mol. The average Bonchev–Trinajstić information content (AvgIpc) is 3.14. The van der Waals surface area contributed by atoms with E-state index in [1.165, 1.54) is 18.3 Å². The normalized spacial score (nSPS) is 10.4. The second kappa shape index (κ2) is 9.05. The third kappa shape index (κ3) is 5.72. The molecule has 0 aliphatic heterocycles. The van der Waals surface area contributed by atoms with Gasteiger partial charge in [-0.05, 0) is 23.6 Å². The van der Waals surface area contributed by atoms with Crippen molar-refractivity contribution in [3.8, 4) is 11.3 Å². The van der Waals surface area contributed by atoms with Gasteiger partial charge in [-0.3, -0.25) is 14.6 Å². The van der Waals surface area contributed by atoms with Crippen molar-refractivity contribution in [3.63, 3.8) is 0 Å². The maximum atomic E-state index is 12.1. The number of rotatable bonds is 7. The maximum Gasteiger partial charge on any atom is 0.226 e. The minimum absolute atomic E-state index is 0.0533. The molecule has 2 amide bonds. The van der Waals surface area contributed by atoms with E-state index >= 15 is 0 Å². The molecule has 0 atom stereocenters. The number of hydrogen-bond acceptors (Lipinski definition) is 5. The lowest BCUT2D eigenvalue weighted by Gasteiger charge is -2.04. The number of amides is 2. The Balaban J connectivity index is 1.54. The SMILES string of the molecule is CC(=O)NCc1ccc(-c2csc(NC(=O)CCc3cccnc3)n2)cc1. The van der Waals surface area contributed by atoms with Crippen LogP contribution < -0.4 is 10.6 Å². The van der Waals surface area contributed by atoms with Crippen molar-refractivity contribution < 1.29 is 9.59 Å². The molecule has 0 aliphatic rings.